The molecule has 3 aliphatic rings. The van der Waals surface area contributed by atoms with Gasteiger partial charge in [0.25, 0.3) is 0 Å². The predicted molar refractivity (Wildman–Crippen MR) is 51.4 cm³/mol. The summed E-state index contributed by atoms with van der Waals surface area (Å²) in [5.74, 6) is 2.24. The average molecular weight is 178 g/mol. The Morgan fingerprint density at radius 2 is 1.92 bits per heavy atom. The van der Waals surface area contributed by atoms with Crippen molar-refractivity contribution in [3.05, 3.63) is 0 Å². The predicted octanol–water partition coefficient (Wildman–Crippen LogP) is 2.94. The van der Waals surface area contributed by atoms with Crippen molar-refractivity contribution in [3.63, 3.8) is 0 Å². The summed E-state index contributed by atoms with van der Waals surface area (Å²) in [5.41, 5.74) is 0.233. The van der Waals surface area contributed by atoms with Gasteiger partial charge >= 0.3 is 0 Å². The van der Waals surface area contributed by atoms with Crippen LogP contribution in [0.15, 0.2) is 0 Å². The SMILES string of the molecule is O=C1CCC2CC3CCCCCC132. The lowest BCUT2D eigenvalue weighted by Crippen LogP contribution is -2.49. The van der Waals surface area contributed by atoms with E-state index in [-0.39, 0.29) is 5.41 Å². The van der Waals surface area contributed by atoms with Crippen LogP contribution >= 0.6 is 0 Å². The van der Waals surface area contributed by atoms with E-state index in [0.29, 0.717) is 5.78 Å². The zero-order chi connectivity index (χ0) is 8.89. The molecule has 0 radical (unpaired) electrons. The summed E-state index contributed by atoms with van der Waals surface area (Å²) in [6, 6.07) is 0. The van der Waals surface area contributed by atoms with E-state index in [4.69, 9.17) is 0 Å². The van der Waals surface area contributed by atoms with Gasteiger partial charge in [-0.25, -0.2) is 0 Å². The lowest BCUT2D eigenvalue weighted by atomic mass is 9.52. The fraction of sp³-hybridized carbons (Fsp3) is 0.917. The summed E-state index contributed by atoms with van der Waals surface area (Å²) in [5, 5.41) is 0. The second kappa shape index (κ2) is 2.59. The van der Waals surface area contributed by atoms with E-state index in [0.717, 1.165) is 18.3 Å². The molecule has 3 saturated carbocycles. The highest BCUT2D eigenvalue weighted by molar-refractivity contribution is 5.89. The third-order valence-electron chi connectivity index (χ3n) is 4.91. The molecule has 3 rings (SSSR count). The molecule has 0 aliphatic heterocycles. The van der Waals surface area contributed by atoms with Crippen molar-refractivity contribution in [1.82, 2.24) is 0 Å². The fourth-order valence-electron chi connectivity index (χ4n) is 4.21. The Balaban J connectivity index is 1.93. The summed E-state index contributed by atoms with van der Waals surface area (Å²) < 4.78 is 0. The molecule has 0 aromatic heterocycles. The Bertz CT molecular complexity index is 244. The van der Waals surface area contributed by atoms with Crippen molar-refractivity contribution < 1.29 is 4.79 Å². The van der Waals surface area contributed by atoms with Crippen molar-refractivity contribution in [2.24, 2.45) is 17.3 Å². The Hall–Kier alpha value is -0.330. The van der Waals surface area contributed by atoms with Crippen molar-refractivity contribution in [2.45, 2.75) is 51.4 Å². The molecule has 0 aromatic carbocycles. The molecule has 0 bridgehead atoms. The molecule has 72 valence electrons. The summed E-state index contributed by atoms with van der Waals surface area (Å²) >= 11 is 0. The van der Waals surface area contributed by atoms with Crippen LogP contribution in [0.5, 0.6) is 0 Å². The Morgan fingerprint density at radius 1 is 1.08 bits per heavy atom. The number of hydrogen-bond acceptors (Lipinski definition) is 1. The van der Waals surface area contributed by atoms with Crippen LogP contribution in [0.1, 0.15) is 51.4 Å². The van der Waals surface area contributed by atoms with Crippen LogP contribution < -0.4 is 0 Å². The molecular weight excluding hydrogens is 160 g/mol. The lowest BCUT2D eigenvalue weighted by molar-refractivity contribution is -0.140. The summed E-state index contributed by atoms with van der Waals surface area (Å²) in [6.07, 6.45) is 10.2. The number of hydrogen-bond donors (Lipinski definition) is 0. The largest absolute Gasteiger partial charge is 0.299 e. The number of carbonyl (C=O) groups is 1. The van der Waals surface area contributed by atoms with Crippen LogP contribution in [-0.4, -0.2) is 5.78 Å². The maximum atomic E-state index is 11.9. The first-order valence-electron chi connectivity index (χ1n) is 5.87. The Morgan fingerprint density at radius 3 is 2.77 bits per heavy atom. The minimum atomic E-state index is 0.233. The molecule has 0 saturated heterocycles. The molecule has 1 heteroatoms. The molecule has 3 unspecified atom stereocenters. The number of Topliss-reactive ketones (excluding diaryl/α,β-unsaturated/α-hetero) is 1. The minimum absolute atomic E-state index is 0.233. The molecule has 3 fully saturated rings. The molecule has 3 aliphatic carbocycles. The first-order valence-corrected chi connectivity index (χ1v) is 5.87. The van der Waals surface area contributed by atoms with Crippen molar-refractivity contribution in [3.8, 4) is 0 Å². The monoisotopic (exact) mass is 178 g/mol. The molecule has 0 N–H and O–H groups in total. The van der Waals surface area contributed by atoms with Crippen LogP contribution in [-0.2, 0) is 4.79 Å². The molecule has 0 amide bonds. The topological polar surface area (TPSA) is 17.1 Å². The van der Waals surface area contributed by atoms with E-state index >= 15 is 0 Å². The smallest absolute Gasteiger partial charge is 0.139 e. The van der Waals surface area contributed by atoms with E-state index in [9.17, 15) is 4.79 Å². The van der Waals surface area contributed by atoms with Gasteiger partial charge in [-0.15, -0.1) is 0 Å². The summed E-state index contributed by atoms with van der Waals surface area (Å²) in [7, 11) is 0. The summed E-state index contributed by atoms with van der Waals surface area (Å²) in [4.78, 5) is 11.9. The zero-order valence-corrected chi connectivity index (χ0v) is 8.22. The quantitative estimate of drug-likeness (QED) is 0.557. The molecule has 1 spiro atoms. The van der Waals surface area contributed by atoms with Gasteiger partial charge < -0.3 is 0 Å². The molecule has 0 heterocycles. The molecule has 13 heavy (non-hydrogen) atoms. The van der Waals surface area contributed by atoms with Crippen LogP contribution in [0.4, 0.5) is 0 Å². The first kappa shape index (κ1) is 8.02. The molecule has 3 atom stereocenters. The summed E-state index contributed by atoms with van der Waals surface area (Å²) in [6.45, 7) is 0. The Kier molecular flexibility index (Phi) is 1.59. The van der Waals surface area contributed by atoms with Gasteiger partial charge in [0, 0.05) is 11.8 Å². The third-order valence-corrected chi connectivity index (χ3v) is 4.91. The van der Waals surface area contributed by atoms with E-state index in [1.54, 1.807) is 0 Å². The van der Waals surface area contributed by atoms with Gasteiger partial charge in [0.15, 0.2) is 0 Å². The fourth-order valence-corrected chi connectivity index (χ4v) is 4.21. The van der Waals surface area contributed by atoms with E-state index < -0.39 is 0 Å². The second-order valence-corrected chi connectivity index (χ2v) is 5.23. The van der Waals surface area contributed by atoms with Crippen molar-refractivity contribution in [1.29, 1.82) is 0 Å². The maximum Gasteiger partial charge on any atom is 0.139 e. The van der Waals surface area contributed by atoms with Gasteiger partial charge in [-0.2, -0.15) is 0 Å². The molecular formula is C12H18O. The first-order chi connectivity index (χ1) is 6.34. The van der Waals surface area contributed by atoms with Gasteiger partial charge in [-0.05, 0) is 37.5 Å². The lowest BCUT2D eigenvalue weighted by Gasteiger charge is -2.51. The Labute approximate surface area is 79.9 Å². The van der Waals surface area contributed by atoms with Gasteiger partial charge in [0.2, 0.25) is 0 Å². The van der Waals surface area contributed by atoms with Crippen LogP contribution in [0, 0.1) is 17.3 Å². The van der Waals surface area contributed by atoms with Crippen molar-refractivity contribution >= 4 is 5.78 Å². The van der Waals surface area contributed by atoms with Gasteiger partial charge in [0.1, 0.15) is 5.78 Å². The normalized spacial score (nSPS) is 49.1. The molecule has 1 nitrogen and oxygen atoms in total. The van der Waals surface area contributed by atoms with E-state index in [1.165, 1.54) is 44.9 Å². The van der Waals surface area contributed by atoms with Gasteiger partial charge in [-0.3, -0.25) is 4.79 Å². The van der Waals surface area contributed by atoms with Crippen LogP contribution in [0.25, 0.3) is 0 Å². The maximum absolute atomic E-state index is 11.9. The second-order valence-electron chi connectivity index (χ2n) is 5.23. The minimum Gasteiger partial charge on any atom is -0.299 e. The number of rotatable bonds is 0. The highest BCUT2D eigenvalue weighted by Crippen LogP contribution is 2.64. The van der Waals surface area contributed by atoms with Gasteiger partial charge in [0.05, 0.1) is 0 Å². The van der Waals surface area contributed by atoms with Crippen LogP contribution in [0.2, 0.25) is 0 Å². The zero-order valence-electron chi connectivity index (χ0n) is 8.22. The van der Waals surface area contributed by atoms with Crippen LogP contribution in [0.3, 0.4) is 0 Å². The van der Waals surface area contributed by atoms with Gasteiger partial charge in [-0.1, -0.05) is 19.3 Å². The van der Waals surface area contributed by atoms with Crippen molar-refractivity contribution in [2.75, 3.05) is 0 Å². The highest BCUT2D eigenvalue weighted by Gasteiger charge is 2.61. The molecule has 0 aromatic rings. The number of carbonyl (C=O) groups excluding carboxylic acids is 1. The highest BCUT2D eigenvalue weighted by atomic mass is 16.1. The third kappa shape index (κ3) is 0.858. The van der Waals surface area contributed by atoms with E-state index in [1.807, 2.05) is 0 Å². The standard InChI is InChI=1S/C12H18O/c13-11-6-5-10-8-9-4-2-1-3-7-12(9,10)11/h9-10H,1-8H2. The number of ketones is 1. The average Bonchev–Trinajstić information content (AvgIpc) is 2.27. The van der Waals surface area contributed by atoms with E-state index in [2.05, 4.69) is 0 Å².